The highest BCUT2D eigenvalue weighted by molar-refractivity contribution is 6.05. The molecule has 3 rings (SSSR count). The van der Waals surface area contributed by atoms with Gasteiger partial charge in [0.1, 0.15) is 6.54 Å². The third-order valence-corrected chi connectivity index (χ3v) is 4.42. The van der Waals surface area contributed by atoms with Crippen LogP contribution in [0.2, 0.25) is 0 Å². The number of aromatic nitrogens is 2. The molecule has 2 aromatic carbocycles. The molecule has 1 aromatic heterocycles. The number of benzene rings is 2. The second-order valence-electron chi connectivity index (χ2n) is 6.24. The maximum atomic E-state index is 13.3. The van der Waals surface area contributed by atoms with Crippen LogP contribution in [0.5, 0.6) is 0 Å². The van der Waals surface area contributed by atoms with Crippen molar-refractivity contribution in [2.75, 3.05) is 13.7 Å². The number of rotatable bonds is 6. The topological polar surface area (TPSA) is 81.5 Å². The van der Waals surface area contributed by atoms with Gasteiger partial charge in [-0.2, -0.15) is 5.10 Å². The van der Waals surface area contributed by atoms with Crippen molar-refractivity contribution in [2.24, 2.45) is 0 Å². The molecule has 7 nitrogen and oxygen atoms in total. The molecular weight excluding hydrogens is 358 g/mol. The van der Waals surface area contributed by atoms with Gasteiger partial charge in [-0.1, -0.05) is 48.5 Å². The largest absolute Gasteiger partial charge is 0.468 e. The average Bonchev–Trinajstić information content (AvgIpc) is 2.74. The van der Waals surface area contributed by atoms with E-state index >= 15 is 0 Å². The Balaban J connectivity index is 2.08. The van der Waals surface area contributed by atoms with Crippen molar-refractivity contribution in [2.45, 2.75) is 20.0 Å². The molecule has 144 valence electrons. The summed E-state index contributed by atoms with van der Waals surface area (Å²) in [4.78, 5) is 39.1. The Morgan fingerprint density at radius 2 is 1.68 bits per heavy atom. The van der Waals surface area contributed by atoms with Gasteiger partial charge < -0.3 is 9.64 Å². The minimum atomic E-state index is -0.530. The van der Waals surface area contributed by atoms with Gasteiger partial charge in [0.05, 0.1) is 12.5 Å². The average molecular weight is 379 g/mol. The number of aryl methyl sites for hydroxylation is 1. The van der Waals surface area contributed by atoms with Crippen LogP contribution >= 0.6 is 0 Å². The zero-order valence-electron chi connectivity index (χ0n) is 15.8. The van der Waals surface area contributed by atoms with Gasteiger partial charge in [0.15, 0.2) is 5.69 Å². The molecule has 0 bridgehead atoms. The fourth-order valence-electron chi connectivity index (χ4n) is 2.98. The van der Waals surface area contributed by atoms with Gasteiger partial charge in [-0.05, 0) is 18.6 Å². The van der Waals surface area contributed by atoms with Crippen LogP contribution in [0.25, 0.3) is 10.8 Å². The van der Waals surface area contributed by atoms with Crippen LogP contribution < -0.4 is 5.56 Å². The molecule has 0 radical (unpaired) electrons. The molecule has 0 saturated carbocycles. The van der Waals surface area contributed by atoms with Crippen molar-refractivity contribution < 1.29 is 14.3 Å². The quantitative estimate of drug-likeness (QED) is 0.614. The van der Waals surface area contributed by atoms with Crippen molar-refractivity contribution in [3.8, 4) is 0 Å². The lowest BCUT2D eigenvalue weighted by atomic mass is 10.1. The van der Waals surface area contributed by atoms with E-state index in [1.807, 2.05) is 30.3 Å². The number of ether oxygens (including phenoxy) is 1. The minimum absolute atomic E-state index is 0.136. The van der Waals surface area contributed by atoms with Crippen molar-refractivity contribution in [3.05, 3.63) is 76.2 Å². The summed E-state index contributed by atoms with van der Waals surface area (Å²) >= 11 is 0. The van der Waals surface area contributed by atoms with Crippen LogP contribution in [-0.4, -0.2) is 40.2 Å². The molecule has 0 atom stereocenters. The fourth-order valence-corrected chi connectivity index (χ4v) is 2.98. The molecule has 0 aliphatic carbocycles. The zero-order valence-corrected chi connectivity index (χ0v) is 15.8. The van der Waals surface area contributed by atoms with Gasteiger partial charge in [0.2, 0.25) is 0 Å². The molecule has 3 aromatic rings. The van der Waals surface area contributed by atoms with Gasteiger partial charge >= 0.3 is 5.97 Å². The summed E-state index contributed by atoms with van der Waals surface area (Å²) < 4.78 is 6.01. The second-order valence-corrected chi connectivity index (χ2v) is 6.24. The number of amides is 1. The predicted octanol–water partition coefficient (Wildman–Crippen LogP) is 2.23. The first-order chi connectivity index (χ1) is 13.5. The maximum Gasteiger partial charge on any atom is 0.325 e. The highest BCUT2D eigenvalue weighted by Crippen LogP contribution is 2.17. The smallest absolute Gasteiger partial charge is 0.325 e. The first-order valence-corrected chi connectivity index (χ1v) is 8.95. The standard InChI is InChI=1S/C21H21N3O4/c1-3-24-20(26)17-12-8-7-11-16(17)19(22-24)21(27)23(14-18(25)28-2)13-15-9-5-4-6-10-15/h4-12H,3,13-14H2,1-2H3. The van der Waals surface area contributed by atoms with Gasteiger partial charge in [0.25, 0.3) is 11.5 Å². The normalized spacial score (nSPS) is 10.6. The second kappa shape index (κ2) is 8.47. The summed E-state index contributed by atoms with van der Waals surface area (Å²) in [5, 5.41) is 5.16. The molecule has 0 saturated heterocycles. The number of fused-ring (bicyclic) bond motifs is 1. The number of esters is 1. The summed E-state index contributed by atoms with van der Waals surface area (Å²) in [5.74, 6) is -0.968. The van der Waals surface area contributed by atoms with Crippen LogP contribution in [0.15, 0.2) is 59.4 Å². The highest BCUT2D eigenvalue weighted by Gasteiger charge is 2.24. The van der Waals surface area contributed by atoms with Gasteiger partial charge in [-0.25, -0.2) is 4.68 Å². The molecule has 0 aliphatic heterocycles. The molecule has 0 spiro atoms. The number of hydrogen-bond donors (Lipinski definition) is 0. The van der Waals surface area contributed by atoms with E-state index in [4.69, 9.17) is 4.74 Å². The first-order valence-electron chi connectivity index (χ1n) is 8.95. The fraction of sp³-hybridized carbons (Fsp3) is 0.238. The summed E-state index contributed by atoms with van der Waals surface area (Å²) in [6, 6.07) is 16.2. The Hall–Kier alpha value is -3.48. The summed E-state index contributed by atoms with van der Waals surface area (Å²) in [5.41, 5.74) is 0.752. The third-order valence-electron chi connectivity index (χ3n) is 4.42. The minimum Gasteiger partial charge on any atom is -0.468 e. The zero-order chi connectivity index (χ0) is 20.1. The molecule has 1 heterocycles. The van der Waals surface area contributed by atoms with Crippen molar-refractivity contribution in [3.63, 3.8) is 0 Å². The van der Waals surface area contributed by atoms with E-state index in [1.54, 1.807) is 31.2 Å². The number of nitrogens with zero attached hydrogens (tertiary/aromatic N) is 3. The first kappa shape index (κ1) is 19.3. The van der Waals surface area contributed by atoms with Gasteiger partial charge in [0, 0.05) is 18.5 Å². The van der Waals surface area contributed by atoms with E-state index in [9.17, 15) is 14.4 Å². The predicted molar refractivity (Wildman–Crippen MR) is 105 cm³/mol. The van der Waals surface area contributed by atoms with Crippen LogP contribution in [0.4, 0.5) is 0 Å². The SMILES string of the molecule is CCn1nc(C(=O)N(CC(=O)OC)Cc2ccccc2)c2ccccc2c1=O. The van der Waals surface area contributed by atoms with Crippen LogP contribution in [-0.2, 0) is 22.6 Å². The molecule has 0 unspecified atom stereocenters. The number of carbonyl (C=O) groups is 2. The summed E-state index contributed by atoms with van der Waals surface area (Å²) in [7, 11) is 1.28. The highest BCUT2D eigenvalue weighted by atomic mass is 16.5. The number of hydrogen-bond acceptors (Lipinski definition) is 5. The molecule has 1 amide bonds. The Morgan fingerprint density at radius 1 is 1.04 bits per heavy atom. The van der Waals surface area contributed by atoms with Crippen LogP contribution in [0.3, 0.4) is 0 Å². The van der Waals surface area contributed by atoms with E-state index in [0.717, 1.165) is 5.56 Å². The van der Waals surface area contributed by atoms with Crippen molar-refractivity contribution in [1.82, 2.24) is 14.7 Å². The Labute approximate surface area is 162 Å². The van der Waals surface area contributed by atoms with E-state index in [2.05, 4.69) is 5.10 Å². The Kier molecular flexibility index (Phi) is 5.84. The monoisotopic (exact) mass is 379 g/mol. The van der Waals surface area contributed by atoms with E-state index in [-0.39, 0.29) is 24.3 Å². The van der Waals surface area contributed by atoms with Crippen molar-refractivity contribution in [1.29, 1.82) is 0 Å². The molecule has 28 heavy (non-hydrogen) atoms. The van der Waals surface area contributed by atoms with Gasteiger partial charge in [-0.3, -0.25) is 14.4 Å². The summed E-state index contributed by atoms with van der Waals surface area (Å²) in [6.07, 6.45) is 0. The van der Waals surface area contributed by atoms with E-state index < -0.39 is 11.9 Å². The molecule has 0 N–H and O–H groups in total. The van der Waals surface area contributed by atoms with Gasteiger partial charge in [-0.15, -0.1) is 0 Å². The van der Waals surface area contributed by atoms with Crippen LogP contribution in [0, 0.1) is 0 Å². The molecule has 0 fully saturated rings. The molecule has 0 aliphatic rings. The number of carbonyl (C=O) groups excluding carboxylic acids is 2. The third kappa shape index (κ3) is 3.93. The maximum absolute atomic E-state index is 13.3. The van der Waals surface area contributed by atoms with Crippen molar-refractivity contribution >= 4 is 22.6 Å². The lowest BCUT2D eigenvalue weighted by molar-refractivity contribution is -0.141. The number of methoxy groups -OCH3 is 1. The Morgan fingerprint density at radius 3 is 2.32 bits per heavy atom. The molecular formula is C21H21N3O4. The molecule has 7 heteroatoms. The Bertz CT molecular complexity index is 1060. The van der Waals surface area contributed by atoms with E-state index in [1.165, 1.54) is 16.7 Å². The lowest BCUT2D eigenvalue weighted by Crippen LogP contribution is -2.37. The van der Waals surface area contributed by atoms with Crippen LogP contribution in [0.1, 0.15) is 23.0 Å². The van der Waals surface area contributed by atoms with E-state index in [0.29, 0.717) is 17.3 Å². The summed E-state index contributed by atoms with van der Waals surface area (Å²) in [6.45, 7) is 2.12. The lowest BCUT2D eigenvalue weighted by Gasteiger charge is -2.22.